The molecule has 12 nitrogen and oxygen atoms in total. The molecule has 1 fully saturated rings. The lowest BCUT2D eigenvalue weighted by atomic mass is 10.1. The van der Waals surface area contributed by atoms with Crippen molar-refractivity contribution in [2.45, 2.75) is 39.0 Å². The number of rotatable bonds is 14. The zero-order valence-electron chi connectivity index (χ0n) is 34.4. The second-order valence-electron chi connectivity index (χ2n) is 14.0. The molecule has 4 aromatic carbocycles. The van der Waals surface area contributed by atoms with E-state index < -0.39 is 11.7 Å². The maximum absolute atomic E-state index is 13.1. The Labute approximate surface area is 348 Å². The molecule has 1 aliphatic rings. The number of aromatic nitrogens is 1. The number of benzene rings is 4. The average Bonchev–Trinajstić information content (AvgIpc) is 3.25. The van der Waals surface area contributed by atoms with E-state index in [1.807, 2.05) is 50.4 Å². The summed E-state index contributed by atoms with van der Waals surface area (Å²) < 4.78 is 49.7. The van der Waals surface area contributed by atoms with E-state index >= 15 is 0 Å². The van der Waals surface area contributed by atoms with Crippen molar-refractivity contribution in [2.75, 3.05) is 58.8 Å². The van der Waals surface area contributed by atoms with Crippen molar-refractivity contribution >= 4 is 41.5 Å². The Hall–Kier alpha value is -6.32. The standard InChI is InChI=1S/C31H31F3N4O2.C12H17NO2.C2H3NO2/c1-21(28-7-4-6-25(36-28)20-38-17-15-37(2)16-18-38)35-30(39)23-9-14-27-22(19-23)5-3-8-29(27)40-26-12-10-24(11-13-26)31(32,33)34;1-4-7-13(2)11-8-10(9-14)5-6-12(11)15-3;4-1-3-2-5/h3-14,19,21H,15-18,20H2,1-2H3,(H,35,39);5-6,8-9H,4,7H2,1-3H3;1-2H,(H,3,4,5). The van der Waals surface area contributed by atoms with Crippen LogP contribution in [0.3, 0.4) is 0 Å². The predicted octanol–water partition coefficient (Wildman–Crippen LogP) is 7.53. The van der Waals surface area contributed by atoms with Gasteiger partial charge in [0.25, 0.3) is 5.91 Å². The highest BCUT2D eigenvalue weighted by atomic mass is 19.4. The van der Waals surface area contributed by atoms with Crippen LogP contribution in [-0.2, 0) is 22.3 Å². The highest BCUT2D eigenvalue weighted by Crippen LogP contribution is 2.34. The minimum Gasteiger partial charge on any atom is -0.495 e. The summed E-state index contributed by atoms with van der Waals surface area (Å²) in [4.78, 5) is 53.5. The average molecular weight is 829 g/mol. The fraction of sp³-hybridized carbons (Fsp3) is 0.311. The summed E-state index contributed by atoms with van der Waals surface area (Å²) in [6, 6.07) is 26.3. The smallest absolute Gasteiger partial charge is 0.416 e. The molecule has 2 heterocycles. The third-order valence-corrected chi connectivity index (χ3v) is 9.56. The zero-order chi connectivity index (χ0) is 43.7. The number of ether oxygens (including phenoxy) is 2. The molecule has 1 aliphatic heterocycles. The fourth-order valence-corrected chi connectivity index (χ4v) is 6.30. The van der Waals surface area contributed by atoms with Gasteiger partial charge in [-0.05, 0) is 105 Å². The van der Waals surface area contributed by atoms with E-state index in [1.54, 1.807) is 48.8 Å². The molecule has 1 unspecified atom stereocenters. The van der Waals surface area contributed by atoms with Crippen LogP contribution in [0.2, 0.25) is 0 Å². The number of imide groups is 1. The van der Waals surface area contributed by atoms with E-state index in [1.165, 1.54) is 12.1 Å². The summed E-state index contributed by atoms with van der Waals surface area (Å²) in [5, 5.41) is 6.31. The molecule has 60 heavy (non-hydrogen) atoms. The van der Waals surface area contributed by atoms with Crippen molar-refractivity contribution in [2.24, 2.45) is 0 Å². The number of likely N-dealkylation sites (N-methyl/N-ethyl adjacent to an activating group) is 1. The van der Waals surface area contributed by atoms with E-state index in [-0.39, 0.29) is 11.9 Å². The summed E-state index contributed by atoms with van der Waals surface area (Å²) in [5.74, 6) is 1.35. The molecule has 318 valence electrons. The van der Waals surface area contributed by atoms with Gasteiger partial charge in [0.05, 0.1) is 35.8 Å². The maximum Gasteiger partial charge on any atom is 0.416 e. The van der Waals surface area contributed by atoms with E-state index in [4.69, 9.17) is 24.0 Å². The monoisotopic (exact) mass is 828 g/mol. The Morgan fingerprint density at radius 2 is 1.60 bits per heavy atom. The van der Waals surface area contributed by atoms with Crippen LogP contribution in [0.4, 0.5) is 18.9 Å². The SMILES string of the molecule is CC(NC(=O)c1ccc2c(Oc3ccc(C(F)(F)F)cc3)cccc2c1)c1cccc(CN2CCN(C)CC2)n1.CCCN(C)c1cc(C=O)ccc1OC.O=CNC=O. The number of carbonyl (C=O) groups is 4. The van der Waals surface area contributed by atoms with E-state index in [9.17, 15) is 22.8 Å². The van der Waals surface area contributed by atoms with Crippen molar-refractivity contribution in [1.82, 2.24) is 25.4 Å². The summed E-state index contributed by atoms with van der Waals surface area (Å²) >= 11 is 0. The number of amides is 3. The molecule has 0 saturated carbocycles. The molecule has 1 saturated heterocycles. The van der Waals surface area contributed by atoms with Gasteiger partial charge in [0.15, 0.2) is 0 Å². The van der Waals surface area contributed by atoms with Crippen LogP contribution in [0.15, 0.2) is 97.1 Å². The topological polar surface area (TPSA) is 133 Å². The minimum absolute atomic E-state index is 0.227. The lowest BCUT2D eigenvalue weighted by Crippen LogP contribution is -2.44. The number of pyridine rings is 1. The maximum atomic E-state index is 13.1. The van der Waals surface area contributed by atoms with Crippen molar-refractivity contribution < 1.29 is 41.8 Å². The molecule has 0 radical (unpaired) electrons. The first-order valence-corrected chi connectivity index (χ1v) is 19.3. The molecule has 1 atom stereocenters. The highest BCUT2D eigenvalue weighted by molar-refractivity contribution is 6.00. The van der Waals surface area contributed by atoms with Crippen LogP contribution in [0.25, 0.3) is 10.8 Å². The lowest BCUT2D eigenvalue weighted by Gasteiger charge is -2.32. The molecule has 0 spiro atoms. The molecule has 2 N–H and O–H groups in total. The van der Waals surface area contributed by atoms with Crippen LogP contribution in [0.1, 0.15) is 64.0 Å². The Kier molecular flexibility index (Phi) is 17.6. The number of hydrogen-bond acceptors (Lipinski definition) is 10. The number of piperazine rings is 1. The van der Waals surface area contributed by atoms with Gasteiger partial charge in [0.2, 0.25) is 12.8 Å². The Morgan fingerprint density at radius 1 is 0.900 bits per heavy atom. The Morgan fingerprint density at radius 3 is 2.22 bits per heavy atom. The van der Waals surface area contributed by atoms with Gasteiger partial charge < -0.3 is 29.9 Å². The first kappa shape index (κ1) is 46.4. The Balaban J connectivity index is 0.000000328. The van der Waals surface area contributed by atoms with Crippen molar-refractivity contribution in [3.8, 4) is 17.2 Å². The van der Waals surface area contributed by atoms with Gasteiger partial charge in [0, 0.05) is 62.8 Å². The van der Waals surface area contributed by atoms with Crippen LogP contribution < -0.4 is 25.0 Å². The minimum atomic E-state index is -4.41. The second kappa shape index (κ2) is 22.7. The molecule has 1 aromatic heterocycles. The second-order valence-corrected chi connectivity index (χ2v) is 14.0. The largest absolute Gasteiger partial charge is 0.495 e. The van der Waals surface area contributed by atoms with Gasteiger partial charge in [-0.1, -0.05) is 25.1 Å². The number of aldehydes is 1. The van der Waals surface area contributed by atoms with Gasteiger partial charge in [-0.3, -0.25) is 29.1 Å². The molecule has 0 aliphatic carbocycles. The summed E-state index contributed by atoms with van der Waals surface area (Å²) in [5.41, 5.74) is 3.17. The molecule has 6 rings (SSSR count). The number of nitrogens with one attached hydrogen (secondary N) is 2. The summed E-state index contributed by atoms with van der Waals surface area (Å²) in [6.07, 6.45) is -1.87. The number of fused-ring (bicyclic) bond motifs is 1. The Bertz CT molecular complexity index is 2170. The van der Waals surface area contributed by atoms with E-state index in [0.29, 0.717) is 35.4 Å². The number of alkyl halides is 3. The zero-order valence-corrected chi connectivity index (χ0v) is 34.4. The lowest BCUT2D eigenvalue weighted by molar-refractivity contribution is -0.137. The molecule has 5 aromatic rings. The van der Waals surface area contributed by atoms with Gasteiger partial charge in [0.1, 0.15) is 23.5 Å². The number of carbonyl (C=O) groups excluding carboxylic acids is 4. The van der Waals surface area contributed by atoms with E-state index in [2.05, 4.69) is 34.0 Å². The predicted molar refractivity (Wildman–Crippen MR) is 226 cm³/mol. The third kappa shape index (κ3) is 13.6. The van der Waals surface area contributed by atoms with Gasteiger partial charge in [-0.25, -0.2) is 0 Å². The molecular formula is C45H51F3N6O6. The number of hydrogen-bond donors (Lipinski definition) is 2. The number of halogens is 3. The molecule has 0 bridgehead atoms. The molecule has 3 amide bonds. The quantitative estimate of drug-likeness (QED) is 0.108. The first-order chi connectivity index (χ1) is 28.8. The van der Waals surface area contributed by atoms with Crippen molar-refractivity contribution in [3.63, 3.8) is 0 Å². The normalized spacial score (nSPS) is 13.3. The van der Waals surface area contributed by atoms with Crippen LogP contribution in [0, 0.1) is 0 Å². The number of methoxy groups -OCH3 is 1. The number of nitrogens with zero attached hydrogens (tertiary/aromatic N) is 4. The van der Waals surface area contributed by atoms with Gasteiger partial charge >= 0.3 is 6.18 Å². The summed E-state index contributed by atoms with van der Waals surface area (Å²) in [7, 11) is 5.77. The first-order valence-electron chi connectivity index (χ1n) is 19.3. The van der Waals surface area contributed by atoms with Crippen molar-refractivity contribution in [3.05, 3.63) is 125 Å². The van der Waals surface area contributed by atoms with E-state index in [0.717, 1.165) is 97.7 Å². The van der Waals surface area contributed by atoms with Crippen LogP contribution in [0.5, 0.6) is 17.2 Å². The highest BCUT2D eigenvalue weighted by Gasteiger charge is 2.30. The summed E-state index contributed by atoms with van der Waals surface area (Å²) in [6.45, 7) is 9.86. The number of anilines is 1. The van der Waals surface area contributed by atoms with Crippen LogP contribution in [-0.4, -0.2) is 93.7 Å². The van der Waals surface area contributed by atoms with Gasteiger partial charge in [-0.15, -0.1) is 0 Å². The van der Waals surface area contributed by atoms with Gasteiger partial charge in [-0.2, -0.15) is 13.2 Å². The third-order valence-electron chi connectivity index (χ3n) is 9.56. The fourth-order valence-electron chi connectivity index (χ4n) is 6.30. The van der Waals surface area contributed by atoms with Crippen LogP contribution >= 0.6 is 0 Å². The van der Waals surface area contributed by atoms with Crippen molar-refractivity contribution in [1.29, 1.82) is 0 Å². The molecular weight excluding hydrogens is 778 g/mol. The molecule has 15 heteroatoms.